The summed E-state index contributed by atoms with van der Waals surface area (Å²) in [4.78, 5) is 26.6. The highest BCUT2D eigenvalue weighted by Gasteiger charge is 2.31. The van der Waals surface area contributed by atoms with Crippen LogP contribution in [0.15, 0.2) is 35.5 Å². The van der Waals surface area contributed by atoms with E-state index in [1.807, 2.05) is 6.33 Å². The molecule has 3 aromatic rings. The van der Waals surface area contributed by atoms with Crippen LogP contribution in [0.3, 0.4) is 0 Å². The van der Waals surface area contributed by atoms with Crippen molar-refractivity contribution in [3.63, 3.8) is 0 Å². The number of esters is 1. The van der Waals surface area contributed by atoms with Crippen LogP contribution in [0.25, 0.3) is 11.2 Å². The zero-order valence-electron chi connectivity index (χ0n) is 24.9. The number of halogens is 2. The second kappa shape index (κ2) is 14.6. The molecule has 1 saturated heterocycles. The largest absolute Gasteiger partial charge is 0.465 e. The molecule has 15 heteroatoms. The SMILES string of the molecule is COC(=O)c1cccc(S(=O)(=O)N2CCC(Nc3nc(N[C@H]4CC[C@H](N)CC4)nc4c3ncn4C3CCCC3)CC2)c1.Cl.Cl. The Morgan fingerprint density at radius 3 is 2.32 bits per heavy atom. The van der Waals surface area contributed by atoms with Crippen molar-refractivity contribution >= 4 is 63.7 Å². The molecule has 6 rings (SSSR count). The average molecular weight is 670 g/mol. The summed E-state index contributed by atoms with van der Waals surface area (Å²) in [5.41, 5.74) is 7.91. The number of hydrogen-bond acceptors (Lipinski definition) is 10. The first-order valence-electron chi connectivity index (χ1n) is 15.0. The van der Waals surface area contributed by atoms with Crippen LogP contribution < -0.4 is 16.4 Å². The minimum absolute atomic E-state index is 0. The Hall–Kier alpha value is -2.71. The van der Waals surface area contributed by atoms with Gasteiger partial charge in [0.1, 0.15) is 0 Å². The minimum atomic E-state index is -3.75. The summed E-state index contributed by atoms with van der Waals surface area (Å²) >= 11 is 0. The fourth-order valence-electron chi connectivity index (χ4n) is 6.46. The summed E-state index contributed by atoms with van der Waals surface area (Å²) in [5, 5.41) is 7.15. The highest BCUT2D eigenvalue weighted by Crippen LogP contribution is 2.34. The highest BCUT2D eigenvalue weighted by atomic mass is 35.5. The Balaban J connectivity index is 0.00000221. The van der Waals surface area contributed by atoms with Crippen LogP contribution >= 0.6 is 24.8 Å². The molecule has 3 fully saturated rings. The summed E-state index contributed by atoms with van der Waals surface area (Å²) in [6.07, 6.45) is 11.7. The van der Waals surface area contributed by atoms with E-state index >= 15 is 0 Å². The van der Waals surface area contributed by atoms with Crippen molar-refractivity contribution < 1.29 is 17.9 Å². The molecule has 0 bridgehead atoms. The first-order valence-corrected chi connectivity index (χ1v) is 16.5. The van der Waals surface area contributed by atoms with Crippen LogP contribution in [-0.2, 0) is 14.8 Å². The zero-order valence-corrected chi connectivity index (χ0v) is 27.3. The number of nitrogens with one attached hydrogen (secondary N) is 2. The lowest BCUT2D eigenvalue weighted by Gasteiger charge is -2.32. The van der Waals surface area contributed by atoms with Gasteiger partial charge in [0.2, 0.25) is 16.0 Å². The Kier molecular flexibility index (Phi) is 11.3. The Bertz CT molecular complexity index is 1530. The Morgan fingerprint density at radius 1 is 0.955 bits per heavy atom. The van der Waals surface area contributed by atoms with Crippen LogP contribution in [0.1, 0.15) is 80.6 Å². The predicted molar refractivity (Wildman–Crippen MR) is 174 cm³/mol. The normalized spacial score (nSPS) is 21.8. The number of benzene rings is 1. The molecule has 0 unspecified atom stereocenters. The summed E-state index contributed by atoms with van der Waals surface area (Å²) < 4.78 is 35.2. The van der Waals surface area contributed by atoms with Gasteiger partial charge in [-0.15, -0.1) is 24.8 Å². The molecule has 1 aliphatic heterocycles. The quantitative estimate of drug-likeness (QED) is 0.292. The maximum absolute atomic E-state index is 13.4. The number of hydrogen-bond donors (Lipinski definition) is 3. The molecule has 3 heterocycles. The van der Waals surface area contributed by atoms with Gasteiger partial charge in [-0.05, 0) is 69.6 Å². The number of nitrogens with two attached hydrogens (primary N) is 1. The number of carbonyl (C=O) groups is 1. The fourth-order valence-corrected chi connectivity index (χ4v) is 7.98. The summed E-state index contributed by atoms with van der Waals surface area (Å²) in [6.45, 7) is 0.696. The van der Waals surface area contributed by atoms with Crippen molar-refractivity contribution in [3.8, 4) is 0 Å². The summed E-state index contributed by atoms with van der Waals surface area (Å²) in [5.74, 6) is 0.706. The minimum Gasteiger partial charge on any atom is -0.465 e. The van der Waals surface area contributed by atoms with E-state index < -0.39 is 16.0 Å². The van der Waals surface area contributed by atoms with Gasteiger partial charge in [-0.1, -0.05) is 18.9 Å². The van der Waals surface area contributed by atoms with E-state index in [1.54, 1.807) is 12.1 Å². The monoisotopic (exact) mass is 668 g/mol. The first kappa shape index (κ1) is 34.2. The molecular formula is C29H42Cl2N8O4S. The zero-order chi connectivity index (χ0) is 29.3. The number of ether oxygens (including phenoxy) is 1. The van der Waals surface area contributed by atoms with E-state index in [-0.39, 0.29) is 53.4 Å². The number of rotatable bonds is 8. The summed E-state index contributed by atoms with van der Waals surface area (Å²) in [6, 6.07) is 6.95. The van der Waals surface area contributed by atoms with Crippen LogP contribution in [0.5, 0.6) is 0 Å². The lowest BCUT2D eigenvalue weighted by atomic mass is 9.92. The highest BCUT2D eigenvalue weighted by molar-refractivity contribution is 7.89. The van der Waals surface area contributed by atoms with Crippen LogP contribution in [0.2, 0.25) is 0 Å². The Labute approximate surface area is 270 Å². The lowest BCUT2D eigenvalue weighted by molar-refractivity contribution is 0.0600. The van der Waals surface area contributed by atoms with E-state index in [0.29, 0.717) is 43.7 Å². The van der Waals surface area contributed by atoms with E-state index in [9.17, 15) is 13.2 Å². The molecule has 0 amide bonds. The number of imidazole rings is 1. The number of aromatic nitrogens is 4. The molecule has 0 radical (unpaired) electrons. The maximum atomic E-state index is 13.4. The number of nitrogens with zero attached hydrogens (tertiary/aromatic N) is 5. The van der Waals surface area contributed by atoms with Crippen molar-refractivity contribution in [1.29, 1.82) is 0 Å². The van der Waals surface area contributed by atoms with Crippen molar-refractivity contribution in [1.82, 2.24) is 23.8 Å². The average Bonchev–Trinajstić information content (AvgIpc) is 3.69. The summed E-state index contributed by atoms with van der Waals surface area (Å²) in [7, 11) is -2.48. The van der Waals surface area contributed by atoms with E-state index in [4.69, 9.17) is 25.4 Å². The second-order valence-electron chi connectivity index (χ2n) is 11.8. The van der Waals surface area contributed by atoms with Crippen molar-refractivity contribution in [3.05, 3.63) is 36.2 Å². The first-order chi connectivity index (χ1) is 20.3. The molecule has 2 saturated carbocycles. The van der Waals surface area contributed by atoms with Crippen LogP contribution in [0.4, 0.5) is 11.8 Å². The van der Waals surface area contributed by atoms with E-state index in [0.717, 1.165) is 49.7 Å². The van der Waals surface area contributed by atoms with Gasteiger partial charge in [0.05, 0.1) is 23.9 Å². The van der Waals surface area contributed by atoms with Crippen molar-refractivity contribution in [2.24, 2.45) is 5.73 Å². The molecule has 3 aliphatic rings. The standard InChI is InChI=1S/C29H40N8O4S.2ClH/c1-41-28(38)19-5-4-8-24(17-19)42(39,40)36-15-13-22(14-16-36)32-26-25-27(37(18-31-25)23-6-2-3-7-23)35-29(34-26)33-21-11-9-20(30)10-12-21;;/h4-5,8,17-18,20-23H,2-3,6-7,9-16,30H2,1H3,(H2,32,33,34,35);2*1H/t20-,21-;;. The number of carbonyl (C=O) groups excluding carboxylic acids is 1. The second-order valence-corrected chi connectivity index (χ2v) is 13.7. The molecule has 2 aromatic heterocycles. The molecule has 2 aliphatic carbocycles. The van der Waals surface area contributed by atoms with Crippen molar-refractivity contribution in [2.75, 3.05) is 30.8 Å². The number of fused-ring (bicyclic) bond motifs is 1. The number of anilines is 2. The molecule has 242 valence electrons. The van der Waals surface area contributed by atoms with E-state index in [2.05, 4.69) is 15.2 Å². The number of methoxy groups -OCH3 is 1. The number of piperidine rings is 1. The Morgan fingerprint density at radius 2 is 1.64 bits per heavy atom. The third-order valence-electron chi connectivity index (χ3n) is 8.93. The van der Waals surface area contributed by atoms with Gasteiger partial charge in [-0.3, -0.25) is 0 Å². The molecule has 4 N–H and O–H groups in total. The molecule has 0 spiro atoms. The van der Waals surface area contributed by atoms with Gasteiger partial charge in [0.15, 0.2) is 17.0 Å². The van der Waals surface area contributed by atoms with Gasteiger partial charge in [0, 0.05) is 37.3 Å². The molecular weight excluding hydrogens is 627 g/mol. The smallest absolute Gasteiger partial charge is 0.337 e. The number of sulfonamides is 1. The third kappa shape index (κ3) is 7.23. The van der Waals surface area contributed by atoms with Crippen LogP contribution in [-0.4, -0.2) is 76.5 Å². The van der Waals surface area contributed by atoms with Gasteiger partial charge in [-0.25, -0.2) is 18.2 Å². The predicted octanol–water partition coefficient (Wildman–Crippen LogP) is 4.52. The molecule has 44 heavy (non-hydrogen) atoms. The fraction of sp³-hybridized carbons (Fsp3) is 0.586. The van der Waals surface area contributed by atoms with Crippen molar-refractivity contribution in [2.45, 2.75) is 93.3 Å². The molecule has 1 aromatic carbocycles. The van der Waals surface area contributed by atoms with Gasteiger partial charge in [-0.2, -0.15) is 14.3 Å². The van der Waals surface area contributed by atoms with Gasteiger partial charge >= 0.3 is 5.97 Å². The van der Waals surface area contributed by atoms with Crippen LogP contribution in [0, 0.1) is 0 Å². The molecule has 12 nitrogen and oxygen atoms in total. The lowest BCUT2D eigenvalue weighted by Crippen LogP contribution is -2.42. The van der Waals surface area contributed by atoms with Gasteiger partial charge < -0.3 is 25.7 Å². The molecule has 0 atom stereocenters. The maximum Gasteiger partial charge on any atom is 0.337 e. The van der Waals surface area contributed by atoms with E-state index in [1.165, 1.54) is 36.4 Å². The topological polar surface area (TPSA) is 157 Å². The third-order valence-corrected chi connectivity index (χ3v) is 10.8. The van der Waals surface area contributed by atoms with Gasteiger partial charge in [0.25, 0.3) is 0 Å².